The number of aryl methyl sites for hydroxylation is 1. The Kier molecular flexibility index (Phi) is 2.82. The molecule has 2 heterocycles. The van der Waals surface area contributed by atoms with Gasteiger partial charge in [0, 0.05) is 24.2 Å². The van der Waals surface area contributed by atoms with Gasteiger partial charge >= 0.3 is 0 Å². The molecule has 3 rings (SSSR count). The van der Waals surface area contributed by atoms with E-state index in [2.05, 4.69) is 23.8 Å². The van der Waals surface area contributed by atoms with Crippen LogP contribution in [0.2, 0.25) is 0 Å². The zero-order chi connectivity index (χ0) is 12.5. The van der Waals surface area contributed by atoms with Gasteiger partial charge in [0.2, 0.25) is 0 Å². The topological polar surface area (TPSA) is 27.1 Å². The van der Waals surface area contributed by atoms with Crippen molar-refractivity contribution in [3.05, 3.63) is 36.3 Å². The molecule has 2 aromatic rings. The zero-order valence-electron chi connectivity index (χ0n) is 10.9. The molecule has 0 radical (unpaired) electrons. The van der Waals surface area contributed by atoms with E-state index < -0.39 is 0 Å². The van der Waals surface area contributed by atoms with Crippen LogP contribution in [0.25, 0.3) is 11.3 Å². The number of aromatic nitrogens is 2. The normalized spacial score (nSPS) is 18.4. The van der Waals surface area contributed by atoms with Gasteiger partial charge in [0.25, 0.3) is 0 Å². The van der Waals surface area contributed by atoms with Gasteiger partial charge in [0.05, 0.1) is 12.8 Å². The first-order valence-corrected chi connectivity index (χ1v) is 6.50. The van der Waals surface area contributed by atoms with Crippen molar-refractivity contribution >= 4 is 0 Å². The number of methoxy groups -OCH3 is 1. The second-order valence-electron chi connectivity index (χ2n) is 4.92. The molecule has 18 heavy (non-hydrogen) atoms. The summed E-state index contributed by atoms with van der Waals surface area (Å²) in [4.78, 5) is 4.75. The second-order valence-corrected chi connectivity index (χ2v) is 4.92. The minimum absolute atomic E-state index is 0.570. The molecule has 1 aromatic carbocycles. The number of nitrogens with zero attached hydrogens (tertiary/aromatic N) is 2. The molecule has 0 spiro atoms. The monoisotopic (exact) mass is 242 g/mol. The number of imidazole rings is 1. The van der Waals surface area contributed by atoms with Crippen LogP contribution in [-0.2, 0) is 6.42 Å². The molecule has 3 nitrogen and oxygen atoms in total. The van der Waals surface area contributed by atoms with Crippen LogP contribution in [0.3, 0.4) is 0 Å². The van der Waals surface area contributed by atoms with Gasteiger partial charge in [-0.1, -0.05) is 12.1 Å². The Labute approximate surface area is 107 Å². The summed E-state index contributed by atoms with van der Waals surface area (Å²) in [6, 6.07) is 8.67. The van der Waals surface area contributed by atoms with Crippen molar-refractivity contribution in [3.8, 4) is 17.0 Å². The van der Waals surface area contributed by atoms with Crippen LogP contribution in [0.5, 0.6) is 5.75 Å². The fourth-order valence-corrected chi connectivity index (χ4v) is 2.61. The minimum Gasteiger partial charge on any atom is -0.497 e. The van der Waals surface area contributed by atoms with E-state index in [1.807, 2.05) is 18.2 Å². The van der Waals surface area contributed by atoms with E-state index in [0.29, 0.717) is 6.04 Å². The number of hydrogen-bond acceptors (Lipinski definition) is 2. The van der Waals surface area contributed by atoms with Crippen LogP contribution in [-0.4, -0.2) is 16.7 Å². The summed E-state index contributed by atoms with van der Waals surface area (Å²) >= 11 is 0. The van der Waals surface area contributed by atoms with Gasteiger partial charge in [0.15, 0.2) is 0 Å². The summed E-state index contributed by atoms with van der Waals surface area (Å²) in [5.74, 6) is 2.10. The lowest BCUT2D eigenvalue weighted by atomic mass is 10.1. The zero-order valence-corrected chi connectivity index (χ0v) is 10.9. The highest BCUT2D eigenvalue weighted by Crippen LogP contribution is 2.29. The number of benzene rings is 1. The van der Waals surface area contributed by atoms with Gasteiger partial charge in [-0.05, 0) is 31.9 Å². The standard InChI is InChI=1S/C15H18N2O/c1-11-5-3-8-15-16-14(10-17(11)15)12-6-4-7-13(9-12)18-2/h4,6-7,9-11H,3,5,8H2,1-2H3. The molecule has 0 N–H and O–H groups in total. The van der Waals surface area contributed by atoms with Crippen LogP contribution >= 0.6 is 0 Å². The Hall–Kier alpha value is -1.77. The Balaban J connectivity index is 2.01. The maximum absolute atomic E-state index is 5.26. The Bertz CT molecular complexity index is 559. The third kappa shape index (κ3) is 1.90. The van der Waals surface area contributed by atoms with E-state index in [1.165, 1.54) is 18.7 Å². The highest BCUT2D eigenvalue weighted by molar-refractivity contribution is 5.61. The lowest BCUT2D eigenvalue weighted by Crippen LogP contribution is -2.14. The number of rotatable bonds is 2. The molecule has 1 aliphatic heterocycles. The average Bonchev–Trinajstić information content (AvgIpc) is 2.84. The quantitative estimate of drug-likeness (QED) is 0.806. The van der Waals surface area contributed by atoms with E-state index in [0.717, 1.165) is 23.4 Å². The fraction of sp³-hybridized carbons (Fsp3) is 0.400. The average molecular weight is 242 g/mol. The number of fused-ring (bicyclic) bond motifs is 1. The van der Waals surface area contributed by atoms with Crippen molar-refractivity contribution in [2.75, 3.05) is 7.11 Å². The van der Waals surface area contributed by atoms with Gasteiger partial charge in [-0.15, -0.1) is 0 Å². The van der Waals surface area contributed by atoms with E-state index >= 15 is 0 Å². The van der Waals surface area contributed by atoms with E-state index in [-0.39, 0.29) is 0 Å². The van der Waals surface area contributed by atoms with Crippen molar-refractivity contribution < 1.29 is 4.74 Å². The molecule has 0 bridgehead atoms. The molecule has 1 atom stereocenters. The molecule has 0 aliphatic carbocycles. The molecule has 0 saturated carbocycles. The summed E-state index contributed by atoms with van der Waals surface area (Å²) in [7, 11) is 1.69. The van der Waals surface area contributed by atoms with Crippen LogP contribution < -0.4 is 4.74 Å². The first-order chi connectivity index (χ1) is 8.78. The predicted octanol–water partition coefficient (Wildman–Crippen LogP) is 3.46. The van der Waals surface area contributed by atoms with Gasteiger partial charge < -0.3 is 9.30 Å². The lowest BCUT2D eigenvalue weighted by molar-refractivity contribution is 0.415. The SMILES string of the molecule is COc1cccc(-c2cn3c(n2)CCCC3C)c1. The molecule has 0 fully saturated rings. The minimum atomic E-state index is 0.570. The van der Waals surface area contributed by atoms with Gasteiger partial charge in [0.1, 0.15) is 11.6 Å². The van der Waals surface area contributed by atoms with Crippen LogP contribution in [0.1, 0.15) is 31.6 Å². The third-order valence-corrected chi connectivity index (χ3v) is 3.67. The highest BCUT2D eigenvalue weighted by atomic mass is 16.5. The molecule has 1 aromatic heterocycles. The Morgan fingerprint density at radius 1 is 1.39 bits per heavy atom. The second kappa shape index (κ2) is 4.48. The highest BCUT2D eigenvalue weighted by Gasteiger charge is 2.18. The van der Waals surface area contributed by atoms with Crippen molar-refractivity contribution in [2.45, 2.75) is 32.2 Å². The van der Waals surface area contributed by atoms with Crippen molar-refractivity contribution in [1.29, 1.82) is 0 Å². The van der Waals surface area contributed by atoms with E-state index in [4.69, 9.17) is 9.72 Å². The van der Waals surface area contributed by atoms with E-state index in [1.54, 1.807) is 7.11 Å². The molecule has 0 saturated heterocycles. The number of hydrogen-bond donors (Lipinski definition) is 0. The predicted molar refractivity (Wildman–Crippen MR) is 71.9 cm³/mol. The Morgan fingerprint density at radius 3 is 3.06 bits per heavy atom. The summed E-state index contributed by atoms with van der Waals surface area (Å²) in [5, 5.41) is 0. The molecular weight excluding hydrogens is 224 g/mol. The molecular formula is C15H18N2O. The van der Waals surface area contributed by atoms with E-state index in [9.17, 15) is 0 Å². The Morgan fingerprint density at radius 2 is 2.28 bits per heavy atom. The van der Waals surface area contributed by atoms with Gasteiger partial charge in [-0.3, -0.25) is 0 Å². The van der Waals surface area contributed by atoms with Crippen LogP contribution in [0, 0.1) is 0 Å². The molecule has 3 heteroatoms. The smallest absolute Gasteiger partial charge is 0.119 e. The maximum Gasteiger partial charge on any atom is 0.119 e. The summed E-state index contributed by atoms with van der Waals surface area (Å²) in [6.07, 6.45) is 5.76. The summed E-state index contributed by atoms with van der Waals surface area (Å²) < 4.78 is 7.58. The molecule has 1 unspecified atom stereocenters. The van der Waals surface area contributed by atoms with Gasteiger partial charge in [-0.2, -0.15) is 0 Å². The van der Waals surface area contributed by atoms with Crippen LogP contribution in [0.4, 0.5) is 0 Å². The van der Waals surface area contributed by atoms with Gasteiger partial charge in [-0.25, -0.2) is 4.98 Å². The maximum atomic E-state index is 5.26. The van der Waals surface area contributed by atoms with Crippen LogP contribution in [0.15, 0.2) is 30.5 Å². The largest absolute Gasteiger partial charge is 0.497 e. The molecule has 94 valence electrons. The lowest BCUT2D eigenvalue weighted by Gasteiger charge is -2.20. The van der Waals surface area contributed by atoms with Crippen molar-refractivity contribution in [3.63, 3.8) is 0 Å². The summed E-state index contributed by atoms with van der Waals surface area (Å²) in [6.45, 7) is 2.26. The fourth-order valence-electron chi connectivity index (χ4n) is 2.61. The van der Waals surface area contributed by atoms with Crippen molar-refractivity contribution in [2.24, 2.45) is 0 Å². The molecule has 1 aliphatic rings. The molecule has 0 amide bonds. The first kappa shape index (κ1) is 11.3. The van der Waals surface area contributed by atoms with Crippen molar-refractivity contribution in [1.82, 2.24) is 9.55 Å². The first-order valence-electron chi connectivity index (χ1n) is 6.50. The number of ether oxygens (including phenoxy) is 1. The summed E-state index contributed by atoms with van der Waals surface area (Å²) in [5.41, 5.74) is 2.18. The third-order valence-electron chi connectivity index (χ3n) is 3.67.